The third kappa shape index (κ3) is 6.15. The largest absolute Gasteiger partial charge is 0.458 e. The molecular formula is C38H29NO12S. The van der Waals surface area contributed by atoms with E-state index in [-0.39, 0.29) is 23.0 Å². The minimum atomic E-state index is -0.857. The second-order valence-corrected chi connectivity index (χ2v) is 14.1. The molecule has 5 unspecified atom stereocenters. The Labute approximate surface area is 297 Å². The van der Waals surface area contributed by atoms with Crippen LogP contribution in [0.15, 0.2) is 102 Å². The fraction of sp³-hybridized carbons (Fsp3) is 0.263. The number of oxazole rings is 1. The van der Waals surface area contributed by atoms with E-state index in [0.29, 0.717) is 39.8 Å². The molecule has 3 aliphatic rings. The number of aromatic nitrogens is 1. The number of benzene rings is 3. The number of hydrogen-bond acceptors (Lipinski definition) is 13. The summed E-state index contributed by atoms with van der Waals surface area (Å²) in [6, 6.07) is 16.2. The maximum atomic E-state index is 13.4. The summed E-state index contributed by atoms with van der Waals surface area (Å²) in [5.41, 5.74) is 3.42. The van der Waals surface area contributed by atoms with Crippen molar-refractivity contribution in [2.75, 3.05) is 0 Å². The predicted octanol–water partition coefficient (Wildman–Crippen LogP) is 5.27. The Morgan fingerprint density at radius 2 is 1.69 bits per heavy atom. The molecule has 0 radical (unpaired) electrons. The Hall–Kier alpha value is -6.02. The summed E-state index contributed by atoms with van der Waals surface area (Å²) in [6.07, 6.45) is 2.92. The van der Waals surface area contributed by atoms with Crippen LogP contribution in [0.4, 0.5) is 0 Å². The van der Waals surface area contributed by atoms with E-state index in [0.717, 1.165) is 22.5 Å². The summed E-state index contributed by atoms with van der Waals surface area (Å²) >= 11 is 0.935. The molecule has 3 heterocycles. The van der Waals surface area contributed by atoms with Gasteiger partial charge in [-0.15, -0.1) is 0 Å². The maximum absolute atomic E-state index is 13.4. The number of nitrogens with one attached hydrogen (secondary N) is 1. The molecule has 8 rings (SSSR count). The highest BCUT2D eigenvalue weighted by Crippen LogP contribution is 2.59. The molecule has 0 spiro atoms. The predicted molar refractivity (Wildman–Crippen MR) is 184 cm³/mol. The number of carbonyl (C=O) groups excluding carboxylic acids is 4. The van der Waals surface area contributed by atoms with Crippen LogP contribution in [0.2, 0.25) is 0 Å². The van der Waals surface area contributed by atoms with Gasteiger partial charge in [0.1, 0.15) is 23.7 Å². The van der Waals surface area contributed by atoms with E-state index in [9.17, 15) is 28.8 Å². The molecular weight excluding hydrogens is 694 g/mol. The molecule has 3 fully saturated rings. The smallest absolute Gasteiger partial charge is 0.417 e. The number of aromatic amines is 1. The molecule has 1 aliphatic heterocycles. The lowest BCUT2D eigenvalue weighted by Gasteiger charge is -2.30. The zero-order valence-corrected chi connectivity index (χ0v) is 28.4. The lowest BCUT2D eigenvalue weighted by Crippen LogP contribution is -2.44. The SMILES string of the molecule is C/C(=C/C=C(\C)C(=O)OC1C2C[C@@H]3C1OC(=O)C3C2C(=O)Oc1ccc2sc(=O)oc2c1)Cc1cccc(C(=O)Oc2ccc3[nH]c(=O)oc3c2)c1. The van der Waals surface area contributed by atoms with Crippen molar-refractivity contribution < 1.29 is 47.0 Å². The number of fused-ring (bicyclic) bond motifs is 3. The van der Waals surface area contributed by atoms with Crippen molar-refractivity contribution in [3.63, 3.8) is 0 Å². The molecule has 1 saturated heterocycles. The van der Waals surface area contributed by atoms with Gasteiger partial charge in [-0.05, 0) is 68.7 Å². The molecule has 13 nitrogen and oxygen atoms in total. The van der Waals surface area contributed by atoms with Crippen molar-refractivity contribution in [2.45, 2.75) is 38.9 Å². The van der Waals surface area contributed by atoms with E-state index >= 15 is 0 Å². The number of rotatable bonds is 9. The second-order valence-electron chi connectivity index (χ2n) is 13.2. The molecule has 6 atom stereocenters. The molecule has 2 bridgehead atoms. The van der Waals surface area contributed by atoms with E-state index < -0.39 is 64.5 Å². The summed E-state index contributed by atoms with van der Waals surface area (Å²) in [6.45, 7) is 3.49. The van der Waals surface area contributed by atoms with Gasteiger partial charge in [0.25, 0.3) is 0 Å². The van der Waals surface area contributed by atoms with Crippen LogP contribution in [0.5, 0.6) is 11.5 Å². The second kappa shape index (κ2) is 12.9. The Balaban J connectivity index is 0.903. The van der Waals surface area contributed by atoms with E-state index in [1.54, 1.807) is 61.5 Å². The van der Waals surface area contributed by atoms with Gasteiger partial charge < -0.3 is 27.8 Å². The van der Waals surface area contributed by atoms with Crippen molar-refractivity contribution >= 4 is 56.6 Å². The van der Waals surface area contributed by atoms with Gasteiger partial charge in [-0.1, -0.05) is 41.2 Å². The molecule has 2 aliphatic carbocycles. The molecule has 0 amide bonds. The Morgan fingerprint density at radius 3 is 2.54 bits per heavy atom. The zero-order valence-electron chi connectivity index (χ0n) is 27.6. The number of esters is 4. The minimum Gasteiger partial charge on any atom is -0.458 e. The fourth-order valence-electron chi connectivity index (χ4n) is 7.47. The van der Waals surface area contributed by atoms with Crippen LogP contribution in [-0.2, 0) is 30.3 Å². The highest BCUT2D eigenvalue weighted by atomic mass is 32.1. The maximum Gasteiger partial charge on any atom is 0.417 e. The lowest BCUT2D eigenvalue weighted by atomic mass is 9.78. The van der Waals surface area contributed by atoms with Crippen LogP contribution in [0, 0.1) is 23.7 Å². The topological polar surface area (TPSA) is 181 Å². The molecule has 52 heavy (non-hydrogen) atoms. The van der Waals surface area contributed by atoms with Crippen LogP contribution in [0.25, 0.3) is 21.4 Å². The average Bonchev–Trinajstić information content (AvgIpc) is 3.90. The first-order valence-corrected chi connectivity index (χ1v) is 17.3. The van der Waals surface area contributed by atoms with Crippen molar-refractivity contribution in [1.29, 1.82) is 0 Å². The van der Waals surface area contributed by atoms with Gasteiger partial charge in [0.2, 0.25) is 0 Å². The summed E-state index contributed by atoms with van der Waals surface area (Å²) in [4.78, 5) is 77.5. The van der Waals surface area contributed by atoms with Gasteiger partial charge in [0, 0.05) is 29.5 Å². The summed E-state index contributed by atoms with van der Waals surface area (Å²) in [7, 11) is 0. The van der Waals surface area contributed by atoms with Crippen molar-refractivity contribution in [2.24, 2.45) is 23.7 Å². The molecule has 5 aromatic rings. The Kier molecular flexibility index (Phi) is 8.25. The monoisotopic (exact) mass is 723 g/mol. The highest BCUT2D eigenvalue weighted by Gasteiger charge is 2.70. The van der Waals surface area contributed by atoms with Crippen molar-refractivity contribution in [3.05, 3.63) is 115 Å². The molecule has 1 N–H and O–H groups in total. The van der Waals surface area contributed by atoms with Crippen LogP contribution in [0.1, 0.15) is 36.2 Å². The minimum absolute atomic E-state index is 0.175. The third-order valence-corrected chi connectivity index (χ3v) is 10.6. The van der Waals surface area contributed by atoms with Gasteiger partial charge in [-0.25, -0.2) is 19.2 Å². The van der Waals surface area contributed by atoms with Gasteiger partial charge >= 0.3 is 34.6 Å². The number of hydrogen-bond donors (Lipinski definition) is 1. The van der Waals surface area contributed by atoms with E-state index in [1.165, 1.54) is 12.1 Å². The summed E-state index contributed by atoms with van der Waals surface area (Å²) in [5, 5.41) is 0. The average molecular weight is 724 g/mol. The molecule has 2 aromatic heterocycles. The van der Waals surface area contributed by atoms with Crippen LogP contribution >= 0.6 is 11.3 Å². The Morgan fingerprint density at radius 1 is 0.904 bits per heavy atom. The first kappa shape index (κ1) is 33.1. The normalized spacial score (nSPS) is 23.6. The number of H-pyrrole nitrogens is 1. The van der Waals surface area contributed by atoms with E-state index in [1.807, 2.05) is 13.0 Å². The van der Waals surface area contributed by atoms with E-state index in [2.05, 4.69) is 4.98 Å². The van der Waals surface area contributed by atoms with Gasteiger partial charge in [0.05, 0.1) is 27.6 Å². The van der Waals surface area contributed by atoms with Gasteiger partial charge in [-0.3, -0.25) is 14.6 Å². The van der Waals surface area contributed by atoms with Gasteiger partial charge in [-0.2, -0.15) is 0 Å². The zero-order chi connectivity index (χ0) is 36.3. The van der Waals surface area contributed by atoms with Crippen LogP contribution in [-0.4, -0.2) is 41.1 Å². The van der Waals surface area contributed by atoms with Gasteiger partial charge in [0.15, 0.2) is 11.2 Å². The molecule has 264 valence electrons. The quantitative estimate of drug-likeness (QED) is 0.0902. The fourth-order valence-corrected chi connectivity index (χ4v) is 8.11. The molecule has 3 aromatic carbocycles. The van der Waals surface area contributed by atoms with Crippen LogP contribution in [0.3, 0.4) is 0 Å². The first-order chi connectivity index (χ1) is 25.0. The number of allylic oxidation sites excluding steroid dienone is 3. The summed E-state index contributed by atoms with van der Waals surface area (Å²) < 4.78 is 33.4. The highest BCUT2D eigenvalue weighted by molar-refractivity contribution is 7.16. The van der Waals surface area contributed by atoms with Crippen molar-refractivity contribution in [1.82, 2.24) is 4.98 Å². The molecule has 14 heteroatoms. The first-order valence-electron chi connectivity index (χ1n) is 16.5. The Bertz CT molecular complexity index is 2480. The van der Waals surface area contributed by atoms with Crippen LogP contribution < -0.4 is 20.2 Å². The summed E-state index contributed by atoms with van der Waals surface area (Å²) in [5.74, 6) is -4.80. The van der Waals surface area contributed by atoms with Crippen molar-refractivity contribution in [3.8, 4) is 11.5 Å². The number of ether oxygens (including phenoxy) is 4. The lowest BCUT2D eigenvalue weighted by molar-refractivity contribution is -0.160. The van der Waals surface area contributed by atoms with E-state index in [4.69, 9.17) is 27.8 Å². The standard InChI is InChI=1S/C38H29NO12S/c1-17(12-19-4-3-5-20(13-19)34(41)46-21-8-10-25-26(14-21)48-37(44)39-25)6-7-18(2)33(40)50-31-23-16-24-30(36(43)51-32(24)31)29(23)35(42)47-22-9-11-28-27(15-22)49-38(45)52-28/h3-11,13-15,23-24,29-32H,12,16H2,1-2H3,(H,39,44)/b17-6-,18-7+/t23?,24-,29?,30?,31?,32?/m0/s1. The third-order valence-electron chi connectivity index (χ3n) is 9.77. The number of carbonyl (C=O) groups is 4. The molecule has 2 saturated carbocycles.